The lowest BCUT2D eigenvalue weighted by Gasteiger charge is -2.23. The lowest BCUT2D eigenvalue weighted by Crippen LogP contribution is -2.43. The number of nitrogens with zero attached hydrogens (tertiary/aromatic N) is 2. The summed E-state index contributed by atoms with van der Waals surface area (Å²) in [5.74, 6) is -1.02. The summed E-state index contributed by atoms with van der Waals surface area (Å²) in [5, 5.41) is 11.7. The standard InChI is InChI=1S/C18H16FN3O3S/c19-14-7-9-15(10-8-14)26(24,25)22-11-3-6-17(22)18(23)21-16-5-2-1-4-13(16)12-20/h1-2,4-5,7-10,17H,3,6,11H2,(H,21,23). The summed E-state index contributed by atoms with van der Waals surface area (Å²) in [4.78, 5) is 12.6. The van der Waals surface area contributed by atoms with Crippen molar-refractivity contribution in [3.8, 4) is 6.07 Å². The molecule has 1 saturated heterocycles. The number of sulfonamides is 1. The molecule has 2 aromatic carbocycles. The second-order valence-corrected chi connectivity index (χ2v) is 7.76. The van der Waals surface area contributed by atoms with Crippen LogP contribution in [-0.4, -0.2) is 31.2 Å². The molecule has 8 heteroatoms. The SMILES string of the molecule is N#Cc1ccccc1NC(=O)C1CCCN1S(=O)(=O)c1ccc(F)cc1. The van der Waals surface area contributed by atoms with Gasteiger partial charge in [-0.3, -0.25) is 4.79 Å². The number of anilines is 1. The molecule has 1 heterocycles. The molecule has 0 saturated carbocycles. The summed E-state index contributed by atoms with van der Waals surface area (Å²) >= 11 is 0. The number of carbonyl (C=O) groups excluding carboxylic acids is 1. The third kappa shape index (κ3) is 3.45. The quantitative estimate of drug-likeness (QED) is 0.891. The van der Waals surface area contributed by atoms with Crippen LogP contribution in [0, 0.1) is 17.1 Å². The molecule has 1 atom stereocenters. The molecular formula is C18H16FN3O3S. The van der Waals surface area contributed by atoms with E-state index in [2.05, 4.69) is 5.32 Å². The van der Waals surface area contributed by atoms with Gasteiger partial charge in [0.1, 0.15) is 17.9 Å². The van der Waals surface area contributed by atoms with Crippen LogP contribution in [-0.2, 0) is 14.8 Å². The minimum Gasteiger partial charge on any atom is -0.323 e. The number of rotatable bonds is 4. The predicted octanol–water partition coefficient (Wildman–Crippen LogP) is 2.49. The molecule has 134 valence electrons. The Bertz CT molecular complexity index is 968. The molecule has 1 unspecified atom stereocenters. The van der Waals surface area contributed by atoms with Crippen LogP contribution in [0.1, 0.15) is 18.4 Å². The Morgan fingerprint density at radius 3 is 2.58 bits per heavy atom. The topological polar surface area (TPSA) is 90.3 Å². The highest BCUT2D eigenvalue weighted by Gasteiger charge is 2.39. The molecule has 1 fully saturated rings. The number of benzene rings is 2. The largest absolute Gasteiger partial charge is 0.323 e. The molecule has 0 bridgehead atoms. The first-order valence-electron chi connectivity index (χ1n) is 8.01. The Labute approximate surface area is 150 Å². The first kappa shape index (κ1) is 18.0. The molecule has 0 aromatic heterocycles. The van der Waals surface area contributed by atoms with E-state index in [1.54, 1.807) is 24.3 Å². The summed E-state index contributed by atoms with van der Waals surface area (Å²) in [5.41, 5.74) is 0.637. The number of halogens is 1. The van der Waals surface area contributed by atoms with Crippen molar-refractivity contribution in [3.05, 3.63) is 59.9 Å². The van der Waals surface area contributed by atoms with Crippen molar-refractivity contribution in [2.24, 2.45) is 0 Å². The Balaban J connectivity index is 1.85. The molecule has 2 aromatic rings. The maximum absolute atomic E-state index is 13.1. The fourth-order valence-corrected chi connectivity index (χ4v) is 4.59. The fraction of sp³-hybridized carbons (Fsp3) is 0.222. The van der Waals surface area contributed by atoms with Crippen molar-refractivity contribution in [1.82, 2.24) is 4.31 Å². The summed E-state index contributed by atoms with van der Waals surface area (Å²) < 4.78 is 39.8. The van der Waals surface area contributed by atoms with E-state index in [0.717, 1.165) is 16.4 Å². The van der Waals surface area contributed by atoms with E-state index in [1.165, 1.54) is 12.1 Å². The summed E-state index contributed by atoms with van der Waals surface area (Å²) in [6.45, 7) is 0.206. The summed E-state index contributed by atoms with van der Waals surface area (Å²) in [7, 11) is -3.92. The number of para-hydroxylation sites is 1. The van der Waals surface area contributed by atoms with Gasteiger partial charge in [-0.2, -0.15) is 9.57 Å². The van der Waals surface area contributed by atoms with E-state index in [0.29, 0.717) is 24.1 Å². The van der Waals surface area contributed by atoms with Crippen LogP contribution < -0.4 is 5.32 Å². The van der Waals surface area contributed by atoms with E-state index in [4.69, 9.17) is 5.26 Å². The van der Waals surface area contributed by atoms with Gasteiger partial charge in [-0.25, -0.2) is 12.8 Å². The van der Waals surface area contributed by atoms with E-state index < -0.39 is 27.8 Å². The normalized spacial score (nSPS) is 17.6. The van der Waals surface area contributed by atoms with Crippen LogP contribution in [0.15, 0.2) is 53.4 Å². The van der Waals surface area contributed by atoms with Gasteiger partial charge in [-0.15, -0.1) is 0 Å². The Morgan fingerprint density at radius 2 is 1.88 bits per heavy atom. The van der Waals surface area contributed by atoms with E-state index >= 15 is 0 Å². The van der Waals surface area contributed by atoms with Gasteiger partial charge in [-0.1, -0.05) is 12.1 Å². The van der Waals surface area contributed by atoms with E-state index in [9.17, 15) is 17.6 Å². The predicted molar refractivity (Wildman–Crippen MR) is 93.1 cm³/mol. The zero-order valence-electron chi connectivity index (χ0n) is 13.7. The Morgan fingerprint density at radius 1 is 1.19 bits per heavy atom. The van der Waals surface area contributed by atoms with Crippen LogP contribution in [0.2, 0.25) is 0 Å². The number of amides is 1. The van der Waals surface area contributed by atoms with Crippen molar-refractivity contribution in [3.63, 3.8) is 0 Å². The molecule has 0 spiro atoms. The van der Waals surface area contributed by atoms with Gasteiger partial charge in [0, 0.05) is 6.54 Å². The second-order valence-electron chi connectivity index (χ2n) is 5.87. The number of carbonyl (C=O) groups is 1. The number of nitriles is 1. The third-order valence-corrected chi connectivity index (χ3v) is 6.15. The molecule has 0 aliphatic carbocycles. The van der Waals surface area contributed by atoms with E-state index in [-0.39, 0.29) is 11.4 Å². The van der Waals surface area contributed by atoms with Gasteiger partial charge in [0.05, 0.1) is 16.1 Å². The molecule has 26 heavy (non-hydrogen) atoms. The Hall–Kier alpha value is -2.76. The number of hydrogen-bond acceptors (Lipinski definition) is 4. The first-order chi connectivity index (χ1) is 12.4. The average Bonchev–Trinajstić information content (AvgIpc) is 3.13. The average molecular weight is 373 g/mol. The zero-order chi connectivity index (χ0) is 18.7. The van der Waals surface area contributed by atoms with Gasteiger partial charge in [-0.05, 0) is 49.2 Å². The van der Waals surface area contributed by atoms with Crippen molar-refractivity contribution < 1.29 is 17.6 Å². The molecule has 1 aliphatic rings. The van der Waals surface area contributed by atoms with Crippen molar-refractivity contribution in [2.45, 2.75) is 23.8 Å². The van der Waals surface area contributed by atoms with Crippen LogP contribution in [0.4, 0.5) is 10.1 Å². The van der Waals surface area contributed by atoms with Crippen molar-refractivity contribution >= 4 is 21.6 Å². The second kappa shape index (κ2) is 7.23. The molecule has 1 amide bonds. The van der Waals surface area contributed by atoms with Gasteiger partial charge in [0.2, 0.25) is 15.9 Å². The van der Waals surface area contributed by atoms with Crippen molar-refractivity contribution in [1.29, 1.82) is 5.26 Å². The van der Waals surface area contributed by atoms with Gasteiger partial charge >= 0.3 is 0 Å². The zero-order valence-corrected chi connectivity index (χ0v) is 14.5. The molecule has 0 radical (unpaired) electrons. The lowest BCUT2D eigenvalue weighted by molar-refractivity contribution is -0.119. The maximum atomic E-state index is 13.1. The molecule has 6 nitrogen and oxygen atoms in total. The molecular weight excluding hydrogens is 357 g/mol. The number of hydrogen-bond donors (Lipinski definition) is 1. The van der Waals surface area contributed by atoms with Gasteiger partial charge in [0.25, 0.3) is 0 Å². The third-order valence-electron chi connectivity index (χ3n) is 4.23. The van der Waals surface area contributed by atoms with Crippen LogP contribution in [0.25, 0.3) is 0 Å². The number of nitrogens with one attached hydrogen (secondary N) is 1. The highest BCUT2D eigenvalue weighted by molar-refractivity contribution is 7.89. The first-order valence-corrected chi connectivity index (χ1v) is 9.45. The van der Waals surface area contributed by atoms with Gasteiger partial charge < -0.3 is 5.32 Å². The van der Waals surface area contributed by atoms with Crippen LogP contribution in [0.3, 0.4) is 0 Å². The molecule has 1 N–H and O–H groups in total. The van der Waals surface area contributed by atoms with Gasteiger partial charge in [0.15, 0.2) is 0 Å². The molecule has 3 rings (SSSR count). The fourth-order valence-electron chi connectivity index (χ4n) is 2.94. The highest BCUT2D eigenvalue weighted by atomic mass is 32.2. The van der Waals surface area contributed by atoms with E-state index in [1.807, 2.05) is 6.07 Å². The van der Waals surface area contributed by atoms with Crippen LogP contribution >= 0.6 is 0 Å². The minimum atomic E-state index is -3.92. The smallest absolute Gasteiger partial charge is 0.243 e. The summed E-state index contributed by atoms with van der Waals surface area (Å²) in [6, 6.07) is 12.1. The van der Waals surface area contributed by atoms with Crippen LogP contribution in [0.5, 0.6) is 0 Å². The van der Waals surface area contributed by atoms with Crippen molar-refractivity contribution in [2.75, 3.05) is 11.9 Å². The maximum Gasteiger partial charge on any atom is 0.243 e. The summed E-state index contributed by atoms with van der Waals surface area (Å²) in [6.07, 6.45) is 0.916. The molecule has 1 aliphatic heterocycles. The Kier molecular flexibility index (Phi) is 5.02. The highest BCUT2D eigenvalue weighted by Crippen LogP contribution is 2.27. The lowest BCUT2D eigenvalue weighted by atomic mass is 10.1. The minimum absolute atomic E-state index is 0.0592. The monoisotopic (exact) mass is 373 g/mol.